The molecule has 8 nitrogen and oxygen atoms in total. The van der Waals surface area contributed by atoms with E-state index in [-0.39, 0.29) is 5.91 Å². The number of ether oxygens (including phenoxy) is 1. The van der Waals surface area contributed by atoms with Crippen LogP contribution in [0.5, 0.6) is 5.75 Å². The summed E-state index contributed by atoms with van der Waals surface area (Å²) in [6.07, 6.45) is 0. The van der Waals surface area contributed by atoms with Gasteiger partial charge in [-0.2, -0.15) is 4.80 Å². The monoisotopic (exact) mass is 516 g/mol. The van der Waals surface area contributed by atoms with E-state index in [9.17, 15) is 9.59 Å². The minimum Gasteiger partial charge on any atom is -0.494 e. The van der Waals surface area contributed by atoms with Crippen molar-refractivity contribution >= 4 is 33.6 Å². The van der Waals surface area contributed by atoms with Crippen LogP contribution < -0.4 is 15.7 Å². The predicted molar refractivity (Wildman–Crippen MR) is 151 cm³/mol. The molecule has 0 aliphatic heterocycles. The quantitative estimate of drug-likeness (QED) is 0.267. The number of hydrogen-bond acceptors (Lipinski definition) is 6. The van der Waals surface area contributed by atoms with E-state index in [4.69, 9.17) is 9.15 Å². The maximum absolute atomic E-state index is 13.2. The summed E-state index contributed by atoms with van der Waals surface area (Å²) in [5.41, 5.74) is 5.11. The third kappa shape index (κ3) is 4.75. The highest BCUT2D eigenvalue weighted by molar-refractivity contribution is 6.06. The molecule has 6 rings (SSSR count). The van der Waals surface area contributed by atoms with E-state index < -0.39 is 5.63 Å². The van der Waals surface area contributed by atoms with Crippen LogP contribution in [0.4, 0.5) is 5.69 Å². The van der Waals surface area contributed by atoms with E-state index in [0.717, 1.165) is 22.4 Å². The third-order valence-corrected chi connectivity index (χ3v) is 6.43. The molecule has 39 heavy (non-hydrogen) atoms. The van der Waals surface area contributed by atoms with Gasteiger partial charge in [0.1, 0.15) is 22.4 Å². The highest BCUT2D eigenvalue weighted by Gasteiger charge is 2.14. The van der Waals surface area contributed by atoms with Crippen molar-refractivity contribution in [2.75, 3.05) is 11.9 Å². The Morgan fingerprint density at radius 2 is 1.69 bits per heavy atom. The first-order chi connectivity index (χ1) is 19.0. The van der Waals surface area contributed by atoms with Gasteiger partial charge in [0.15, 0.2) is 0 Å². The topological polar surface area (TPSA) is 99.2 Å². The van der Waals surface area contributed by atoms with Crippen molar-refractivity contribution < 1.29 is 13.9 Å². The highest BCUT2D eigenvalue weighted by atomic mass is 16.5. The van der Waals surface area contributed by atoms with Gasteiger partial charge < -0.3 is 14.5 Å². The summed E-state index contributed by atoms with van der Waals surface area (Å²) in [7, 11) is 0. The fourth-order valence-corrected chi connectivity index (χ4v) is 4.45. The molecule has 0 spiro atoms. The number of fused-ring (bicyclic) bond motifs is 2. The van der Waals surface area contributed by atoms with Crippen LogP contribution in [0.25, 0.3) is 38.8 Å². The molecule has 0 atom stereocenters. The average Bonchev–Trinajstić information content (AvgIpc) is 3.36. The maximum Gasteiger partial charge on any atom is 0.344 e. The average molecular weight is 517 g/mol. The number of carbonyl (C=O) groups is 1. The Kier molecular flexibility index (Phi) is 6.13. The van der Waals surface area contributed by atoms with E-state index in [2.05, 4.69) is 15.5 Å². The summed E-state index contributed by atoms with van der Waals surface area (Å²) in [4.78, 5) is 27.4. The summed E-state index contributed by atoms with van der Waals surface area (Å²) in [5, 5.41) is 13.0. The van der Waals surface area contributed by atoms with Crippen molar-refractivity contribution in [1.29, 1.82) is 0 Å². The Bertz CT molecular complexity index is 1900. The van der Waals surface area contributed by atoms with Crippen LogP contribution >= 0.6 is 0 Å². The lowest BCUT2D eigenvalue weighted by atomic mass is 10.0. The first-order valence-corrected chi connectivity index (χ1v) is 12.5. The van der Waals surface area contributed by atoms with Crippen molar-refractivity contribution in [3.63, 3.8) is 0 Å². The number of benzene rings is 4. The van der Waals surface area contributed by atoms with Crippen molar-refractivity contribution in [3.05, 3.63) is 113 Å². The molecule has 4 aromatic carbocycles. The van der Waals surface area contributed by atoms with Gasteiger partial charge in [-0.15, -0.1) is 10.2 Å². The Labute approximate surface area is 223 Å². The molecule has 0 aliphatic carbocycles. The van der Waals surface area contributed by atoms with Gasteiger partial charge in [-0.05, 0) is 85.6 Å². The lowest BCUT2D eigenvalue weighted by molar-refractivity contribution is 0.102. The minimum atomic E-state index is -0.455. The standard InChI is InChI=1S/C31H24N4O4/c1-3-38-24-13-11-23(12-14-24)35-33-27-15-19(2)26(18-28(27)34-35)32-30(36)22-9-6-8-20(16-22)25-17-21-7-4-5-10-29(21)39-31(25)37/h4-18H,3H2,1-2H3,(H,32,36). The first-order valence-electron chi connectivity index (χ1n) is 12.5. The SMILES string of the molecule is CCOc1ccc(-n2nc3cc(C)c(NC(=O)c4cccc(-c5cc6ccccc6oc5=O)c4)cc3n2)cc1. The zero-order valence-electron chi connectivity index (χ0n) is 21.3. The van der Waals surface area contributed by atoms with E-state index >= 15 is 0 Å². The lowest BCUT2D eigenvalue weighted by Crippen LogP contribution is -2.13. The fraction of sp³-hybridized carbons (Fsp3) is 0.0968. The Morgan fingerprint density at radius 1 is 0.923 bits per heavy atom. The summed E-state index contributed by atoms with van der Waals surface area (Å²) < 4.78 is 11.0. The number of rotatable bonds is 6. The smallest absolute Gasteiger partial charge is 0.344 e. The molecule has 1 N–H and O–H groups in total. The second-order valence-corrected chi connectivity index (χ2v) is 9.09. The van der Waals surface area contributed by atoms with Crippen LogP contribution in [0.15, 0.2) is 100 Å². The lowest BCUT2D eigenvalue weighted by Gasteiger charge is -2.09. The molecule has 0 saturated carbocycles. The van der Waals surface area contributed by atoms with E-state index in [1.807, 2.05) is 68.4 Å². The molecular formula is C31H24N4O4. The Balaban J connectivity index is 1.27. The molecule has 6 aromatic rings. The molecule has 0 unspecified atom stereocenters. The molecule has 0 aliphatic rings. The number of anilines is 1. The molecule has 0 fully saturated rings. The van der Waals surface area contributed by atoms with Crippen molar-refractivity contribution in [2.45, 2.75) is 13.8 Å². The van der Waals surface area contributed by atoms with Gasteiger partial charge in [0.05, 0.1) is 17.9 Å². The van der Waals surface area contributed by atoms with Crippen molar-refractivity contribution in [2.24, 2.45) is 0 Å². The second-order valence-electron chi connectivity index (χ2n) is 9.09. The number of aromatic nitrogens is 3. The van der Waals surface area contributed by atoms with Gasteiger partial charge in [0.2, 0.25) is 0 Å². The minimum absolute atomic E-state index is 0.302. The summed E-state index contributed by atoms with van der Waals surface area (Å²) >= 11 is 0. The highest BCUT2D eigenvalue weighted by Crippen LogP contribution is 2.25. The molecule has 0 bridgehead atoms. The van der Waals surface area contributed by atoms with Crippen LogP contribution in [0.3, 0.4) is 0 Å². The number of aryl methyl sites for hydroxylation is 1. The summed E-state index contributed by atoms with van der Waals surface area (Å²) in [6, 6.07) is 27.3. The molecule has 2 aromatic heterocycles. The zero-order chi connectivity index (χ0) is 26.9. The molecule has 8 heteroatoms. The number of nitrogens with one attached hydrogen (secondary N) is 1. The van der Waals surface area contributed by atoms with Gasteiger partial charge in [0.25, 0.3) is 5.91 Å². The number of para-hydroxylation sites is 1. The predicted octanol–water partition coefficient (Wildman–Crippen LogP) is 6.15. The van der Waals surface area contributed by atoms with Gasteiger partial charge in [-0.25, -0.2) is 4.79 Å². The Hall–Kier alpha value is -5.24. The van der Waals surface area contributed by atoms with Crippen LogP contribution in [-0.4, -0.2) is 27.5 Å². The van der Waals surface area contributed by atoms with Gasteiger partial charge in [-0.3, -0.25) is 4.79 Å². The first kappa shape index (κ1) is 24.1. The second kappa shape index (κ2) is 9.90. The number of nitrogens with zero attached hydrogens (tertiary/aromatic N) is 3. The van der Waals surface area contributed by atoms with E-state index in [0.29, 0.717) is 45.6 Å². The van der Waals surface area contributed by atoms with Crippen LogP contribution in [-0.2, 0) is 0 Å². The van der Waals surface area contributed by atoms with Gasteiger partial charge in [0, 0.05) is 16.6 Å². The maximum atomic E-state index is 13.2. The molecular weight excluding hydrogens is 492 g/mol. The Morgan fingerprint density at radius 3 is 2.49 bits per heavy atom. The molecule has 0 radical (unpaired) electrons. The largest absolute Gasteiger partial charge is 0.494 e. The molecule has 2 heterocycles. The van der Waals surface area contributed by atoms with Crippen LogP contribution in [0, 0.1) is 6.92 Å². The molecule has 192 valence electrons. The molecule has 0 saturated heterocycles. The van der Waals surface area contributed by atoms with Crippen LogP contribution in [0.1, 0.15) is 22.8 Å². The van der Waals surface area contributed by atoms with E-state index in [1.165, 1.54) is 0 Å². The van der Waals surface area contributed by atoms with Crippen molar-refractivity contribution in [1.82, 2.24) is 15.0 Å². The van der Waals surface area contributed by atoms with Crippen LogP contribution in [0.2, 0.25) is 0 Å². The third-order valence-electron chi connectivity index (χ3n) is 6.43. The summed E-state index contributed by atoms with van der Waals surface area (Å²) in [6.45, 7) is 4.44. The summed E-state index contributed by atoms with van der Waals surface area (Å²) in [5.74, 6) is 0.479. The van der Waals surface area contributed by atoms with Gasteiger partial charge >= 0.3 is 5.63 Å². The van der Waals surface area contributed by atoms with E-state index in [1.54, 1.807) is 41.2 Å². The van der Waals surface area contributed by atoms with Gasteiger partial charge in [-0.1, -0.05) is 30.3 Å². The van der Waals surface area contributed by atoms with Crippen molar-refractivity contribution in [3.8, 4) is 22.6 Å². The normalized spacial score (nSPS) is 11.1. The number of hydrogen-bond donors (Lipinski definition) is 1. The number of amides is 1. The number of carbonyl (C=O) groups excluding carboxylic acids is 1. The zero-order valence-corrected chi connectivity index (χ0v) is 21.3. The fourth-order valence-electron chi connectivity index (χ4n) is 4.45. The molecule has 1 amide bonds.